The van der Waals surface area contributed by atoms with Gasteiger partial charge in [-0.2, -0.15) is 0 Å². The molecule has 3 N–H and O–H groups in total. The van der Waals surface area contributed by atoms with Crippen LogP contribution in [0.2, 0.25) is 0 Å². The van der Waals surface area contributed by atoms with Crippen molar-refractivity contribution < 1.29 is 24.9 Å². The van der Waals surface area contributed by atoms with E-state index in [1.807, 2.05) is 0 Å². The average molecular weight is 270 g/mol. The van der Waals surface area contributed by atoms with Crippen LogP contribution in [0.3, 0.4) is 0 Å². The van der Waals surface area contributed by atoms with Crippen LogP contribution in [0, 0.1) is 0 Å². The van der Waals surface area contributed by atoms with E-state index >= 15 is 0 Å². The molecule has 3 rings (SSSR count). The Morgan fingerprint density at radius 3 is 2.35 bits per heavy atom. The van der Waals surface area contributed by atoms with E-state index < -0.39 is 5.78 Å². The van der Waals surface area contributed by atoms with Crippen molar-refractivity contribution in [2.75, 3.05) is 0 Å². The zero-order valence-corrected chi connectivity index (χ0v) is 10.2. The summed E-state index contributed by atoms with van der Waals surface area (Å²) in [6.45, 7) is 0. The zero-order chi connectivity index (χ0) is 14.3. The second-order valence-electron chi connectivity index (χ2n) is 4.37. The molecule has 0 aliphatic carbocycles. The number of Topliss-reactive ketones (excluding diaryl/α,β-unsaturated/α-hetero) is 1. The maximum Gasteiger partial charge on any atom is 0.235 e. The summed E-state index contributed by atoms with van der Waals surface area (Å²) in [6.07, 6.45) is 1.50. The van der Waals surface area contributed by atoms with E-state index in [1.54, 1.807) is 12.1 Å². The first-order valence-electron chi connectivity index (χ1n) is 5.84. The standard InChI is InChI=1S/C15H10O5/c16-9-3-1-8(2-4-9)5-13-15(19)14-11(18)6-10(17)7-12(14)20-13/h1-7,16-18H/b13-5+. The third kappa shape index (κ3) is 1.95. The highest BCUT2D eigenvalue weighted by Crippen LogP contribution is 2.40. The number of phenolic OH excluding ortho intramolecular Hbond substituents is 3. The number of allylic oxidation sites excluding steroid dienone is 1. The van der Waals surface area contributed by atoms with Crippen LogP contribution < -0.4 is 4.74 Å². The lowest BCUT2D eigenvalue weighted by Gasteiger charge is -2.00. The van der Waals surface area contributed by atoms with Crippen LogP contribution in [0.4, 0.5) is 0 Å². The summed E-state index contributed by atoms with van der Waals surface area (Å²) in [6, 6.07) is 8.58. The first-order valence-corrected chi connectivity index (χ1v) is 5.84. The Balaban J connectivity index is 2.01. The minimum Gasteiger partial charge on any atom is -0.508 e. The summed E-state index contributed by atoms with van der Waals surface area (Å²) in [7, 11) is 0. The average Bonchev–Trinajstić information content (AvgIpc) is 2.69. The Morgan fingerprint density at radius 1 is 0.950 bits per heavy atom. The molecule has 5 nitrogen and oxygen atoms in total. The molecule has 0 unspecified atom stereocenters. The molecule has 0 saturated carbocycles. The van der Waals surface area contributed by atoms with Crippen LogP contribution in [0.15, 0.2) is 42.2 Å². The maximum atomic E-state index is 12.1. The zero-order valence-electron chi connectivity index (χ0n) is 10.2. The van der Waals surface area contributed by atoms with Crippen LogP contribution in [0.25, 0.3) is 6.08 Å². The van der Waals surface area contributed by atoms with Crippen molar-refractivity contribution in [2.45, 2.75) is 0 Å². The number of fused-ring (bicyclic) bond motifs is 1. The molecule has 100 valence electrons. The van der Waals surface area contributed by atoms with Crippen molar-refractivity contribution in [1.82, 2.24) is 0 Å². The lowest BCUT2D eigenvalue weighted by molar-refractivity contribution is 0.101. The molecule has 0 fully saturated rings. The fourth-order valence-corrected chi connectivity index (χ4v) is 2.00. The first kappa shape index (κ1) is 12.1. The van der Waals surface area contributed by atoms with Gasteiger partial charge in [-0.3, -0.25) is 4.79 Å². The van der Waals surface area contributed by atoms with Crippen molar-refractivity contribution in [3.8, 4) is 23.0 Å². The van der Waals surface area contributed by atoms with Crippen LogP contribution >= 0.6 is 0 Å². The minimum atomic E-state index is -0.453. The predicted molar refractivity (Wildman–Crippen MR) is 70.8 cm³/mol. The summed E-state index contributed by atoms with van der Waals surface area (Å²) >= 11 is 0. The molecule has 5 heteroatoms. The van der Waals surface area contributed by atoms with Gasteiger partial charge in [-0.25, -0.2) is 0 Å². The van der Waals surface area contributed by atoms with Gasteiger partial charge >= 0.3 is 0 Å². The van der Waals surface area contributed by atoms with E-state index in [1.165, 1.54) is 24.3 Å². The number of ether oxygens (including phenoxy) is 1. The predicted octanol–water partition coefficient (Wildman–Crippen LogP) is 2.42. The van der Waals surface area contributed by atoms with Crippen LogP contribution in [0.1, 0.15) is 15.9 Å². The lowest BCUT2D eigenvalue weighted by Crippen LogP contribution is -1.98. The van der Waals surface area contributed by atoms with Crippen molar-refractivity contribution in [3.63, 3.8) is 0 Å². The highest BCUT2D eigenvalue weighted by atomic mass is 16.5. The van der Waals surface area contributed by atoms with Gasteiger partial charge in [0.2, 0.25) is 5.78 Å². The van der Waals surface area contributed by atoms with E-state index in [9.17, 15) is 20.1 Å². The number of benzene rings is 2. The molecule has 1 aliphatic heterocycles. The number of carbonyl (C=O) groups excluding carboxylic acids is 1. The summed E-state index contributed by atoms with van der Waals surface area (Å²) in [5, 5.41) is 28.3. The van der Waals surface area contributed by atoms with Gasteiger partial charge in [0.15, 0.2) is 5.76 Å². The monoisotopic (exact) mass is 270 g/mol. The van der Waals surface area contributed by atoms with E-state index in [-0.39, 0.29) is 34.3 Å². The van der Waals surface area contributed by atoms with E-state index in [0.29, 0.717) is 5.56 Å². The lowest BCUT2D eigenvalue weighted by atomic mass is 10.1. The molecule has 1 heterocycles. The Labute approximate surface area is 114 Å². The molecule has 0 radical (unpaired) electrons. The summed E-state index contributed by atoms with van der Waals surface area (Å²) in [4.78, 5) is 12.1. The van der Waals surface area contributed by atoms with Crippen molar-refractivity contribution >= 4 is 11.9 Å². The quantitative estimate of drug-likeness (QED) is 0.693. The number of hydrogen-bond donors (Lipinski definition) is 3. The smallest absolute Gasteiger partial charge is 0.235 e. The fourth-order valence-electron chi connectivity index (χ4n) is 2.00. The molecular formula is C15H10O5. The third-order valence-electron chi connectivity index (χ3n) is 2.93. The van der Waals surface area contributed by atoms with Gasteiger partial charge in [-0.15, -0.1) is 0 Å². The van der Waals surface area contributed by atoms with Gasteiger partial charge in [-0.1, -0.05) is 12.1 Å². The number of phenols is 3. The Bertz CT molecular complexity index is 729. The molecule has 2 aromatic rings. The van der Waals surface area contributed by atoms with Crippen LogP contribution in [0.5, 0.6) is 23.0 Å². The SMILES string of the molecule is O=C1/C(=C\c2ccc(O)cc2)Oc2cc(O)cc(O)c21. The molecule has 0 amide bonds. The molecule has 0 atom stereocenters. The van der Waals surface area contributed by atoms with Crippen molar-refractivity contribution in [3.05, 3.63) is 53.3 Å². The van der Waals surface area contributed by atoms with Crippen molar-refractivity contribution in [1.29, 1.82) is 0 Å². The highest BCUT2D eigenvalue weighted by Gasteiger charge is 2.31. The topological polar surface area (TPSA) is 87.0 Å². The van der Waals surface area contributed by atoms with E-state index in [4.69, 9.17) is 4.74 Å². The van der Waals surface area contributed by atoms with Crippen LogP contribution in [-0.2, 0) is 0 Å². The second kappa shape index (κ2) is 4.31. The molecule has 1 aliphatic rings. The number of rotatable bonds is 1. The fraction of sp³-hybridized carbons (Fsp3) is 0. The highest BCUT2D eigenvalue weighted by molar-refractivity contribution is 6.16. The number of hydrogen-bond acceptors (Lipinski definition) is 5. The number of ketones is 1. The van der Waals surface area contributed by atoms with Gasteiger partial charge in [0, 0.05) is 12.1 Å². The molecule has 0 aromatic heterocycles. The maximum absolute atomic E-state index is 12.1. The van der Waals surface area contributed by atoms with Crippen LogP contribution in [-0.4, -0.2) is 21.1 Å². The van der Waals surface area contributed by atoms with E-state index in [0.717, 1.165) is 6.07 Å². The molecule has 0 saturated heterocycles. The molecular weight excluding hydrogens is 260 g/mol. The van der Waals surface area contributed by atoms with E-state index in [2.05, 4.69) is 0 Å². The number of carbonyl (C=O) groups is 1. The minimum absolute atomic E-state index is 0.0350. The first-order chi connectivity index (χ1) is 9.54. The van der Waals surface area contributed by atoms with Gasteiger partial charge in [0.25, 0.3) is 0 Å². The Hall–Kier alpha value is -2.95. The van der Waals surface area contributed by atoms with Gasteiger partial charge in [0.1, 0.15) is 28.6 Å². The van der Waals surface area contributed by atoms with Gasteiger partial charge in [-0.05, 0) is 23.8 Å². The summed E-state index contributed by atoms with van der Waals surface area (Å²) in [5.41, 5.74) is 0.704. The van der Waals surface area contributed by atoms with Crippen molar-refractivity contribution in [2.24, 2.45) is 0 Å². The number of aromatic hydroxyl groups is 3. The molecule has 0 spiro atoms. The summed E-state index contributed by atoms with van der Waals surface area (Å²) < 4.78 is 5.34. The normalized spacial score (nSPS) is 15.2. The largest absolute Gasteiger partial charge is 0.508 e. The second-order valence-corrected chi connectivity index (χ2v) is 4.37. The molecule has 0 bridgehead atoms. The van der Waals surface area contributed by atoms with Gasteiger partial charge < -0.3 is 20.1 Å². The third-order valence-corrected chi connectivity index (χ3v) is 2.93. The Morgan fingerprint density at radius 2 is 1.65 bits per heavy atom. The van der Waals surface area contributed by atoms with Gasteiger partial charge in [0.05, 0.1) is 0 Å². The Kier molecular flexibility index (Phi) is 2.61. The molecule has 20 heavy (non-hydrogen) atoms. The molecule has 2 aromatic carbocycles. The summed E-state index contributed by atoms with van der Waals surface area (Å²) in [5.74, 6) is -0.662.